The maximum absolute atomic E-state index is 14.1. The van der Waals surface area contributed by atoms with Crippen molar-refractivity contribution in [3.8, 4) is 44.8 Å². The average Bonchev–Trinajstić information content (AvgIpc) is 3.94. The van der Waals surface area contributed by atoms with E-state index >= 15 is 0 Å². The first-order valence-corrected chi connectivity index (χ1v) is 25.9. The van der Waals surface area contributed by atoms with Crippen molar-refractivity contribution in [2.24, 2.45) is 0 Å². The second-order valence-corrected chi connectivity index (χ2v) is 21.5. The number of hydrogen-bond donors (Lipinski definition) is 0. The fraction of sp³-hybridized carbons (Fsp3) is 0.0714. The van der Waals surface area contributed by atoms with Gasteiger partial charge in [0.1, 0.15) is 11.6 Å². The molecule has 0 saturated heterocycles. The smallest absolute Gasteiger partial charge is 0.210 e. The van der Waals surface area contributed by atoms with Crippen LogP contribution in [-0.2, 0) is 32.5 Å². The summed E-state index contributed by atoms with van der Waals surface area (Å²) in [5.74, 6) is 1.72. The highest BCUT2D eigenvalue weighted by Crippen LogP contribution is 2.46. The van der Waals surface area contributed by atoms with Crippen LogP contribution in [0.4, 0.5) is 0 Å². The van der Waals surface area contributed by atoms with E-state index in [0.717, 1.165) is 44.7 Å². The topological polar surface area (TPSA) is 104 Å². The van der Waals surface area contributed by atoms with E-state index in [0.29, 0.717) is 53.9 Å². The van der Waals surface area contributed by atoms with Gasteiger partial charge in [0.25, 0.3) is 0 Å². The van der Waals surface area contributed by atoms with Crippen LogP contribution in [0.15, 0.2) is 200 Å². The van der Waals surface area contributed by atoms with Crippen LogP contribution in [0.2, 0.25) is 0 Å². The molecule has 0 amide bonds. The first-order valence-electron chi connectivity index (χ1n) is 22.1. The summed E-state index contributed by atoms with van der Waals surface area (Å²) in [5, 5.41) is 4.76. The Bertz CT molecular complexity index is 4070. The Morgan fingerprint density at radius 3 is 1.39 bits per heavy atom. The Morgan fingerprint density at radius 1 is 0.418 bits per heavy atom. The number of nitrogens with zero attached hydrogens (tertiary/aromatic N) is 4. The molecule has 0 unspecified atom stereocenters. The second kappa shape index (κ2) is 15.4. The van der Waals surface area contributed by atoms with Crippen LogP contribution >= 0.6 is 15.9 Å². The van der Waals surface area contributed by atoms with Gasteiger partial charge in [-0.3, -0.25) is 9.13 Å². The van der Waals surface area contributed by atoms with Crippen LogP contribution in [0.5, 0.6) is 0 Å². The van der Waals surface area contributed by atoms with Gasteiger partial charge in [-0.1, -0.05) is 145 Å². The monoisotopic (exact) mass is 974 g/mol. The predicted octanol–water partition coefficient (Wildman–Crippen LogP) is 13.5. The Balaban J connectivity index is 0.000000186. The molecule has 2 aliphatic heterocycles. The highest BCUT2D eigenvalue weighted by Gasteiger charge is 2.35. The van der Waals surface area contributed by atoms with Gasteiger partial charge < -0.3 is 0 Å². The van der Waals surface area contributed by atoms with E-state index < -0.39 is 19.7 Å². The Labute approximate surface area is 395 Å². The molecular weight excluding hydrogens is 937 g/mol. The summed E-state index contributed by atoms with van der Waals surface area (Å²) in [4.78, 5) is 10.6. The lowest BCUT2D eigenvalue weighted by atomic mass is 9.85. The summed E-state index contributed by atoms with van der Waals surface area (Å²) in [5.41, 5.74) is 10.6. The van der Waals surface area contributed by atoms with Crippen molar-refractivity contribution >= 4 is 79.2 Å². The van der Waals surface area contributed by atoms with Crippen molar-refractivity contribution < 1.29 is 16.8 Å². The SMILES string of the molecule is CCc1nc2cccc3c2n1-c1ccc(-c2cccc(-c4c5ccccc5c(-c5ccccc5)c5ccccc45)c2)cc1S3(=O)=O.CCc1nc2cccc3c2n1-c1ccc(Br)cc1S3(=O)=O. The van der Waals surface area contributed by atoms with Gasteiger partial charge in [-0.15, -0.1) is 0 Å². The maximum atomic E-state index is 14.1. The molecule has 0 atom stereocenters. The lowest BCUT2D eigenvalue weighted by Crippen LogP contribution is -2.16. The molecule has 11 heteroatoms. The molecule has 8 nitrogen and oxygen atoms in total. The van der Waals surface area contributed by atoms with E-state index in [4.69, 9.17) is 4.98 Å². The fourth-order valence-corrected chi connectivity index (χ4v) is 14.0. The van der Waals surface area contributed by atoms with Crippen LogP contribution in [0.25, 0.3) is 88.4 Å². The molecule has 0 bridgehead atoms. The van der Waals surface area contributed by atoms with Gasteiger partial charge in [0.15, 0.2) is 0 Å². The molecule has 0 aliphatic carbocycles. The summed E-state index contributed by atoms with van der Waals surface area (Å²) in [6.45, 7) is 4.07. The van der Waals surface area contributed by atoms with Gasteiger partial charge in [0.2, 0.25) is 19.7 Å². The van der Waals surface area contributed by atoms with E-state index in [2.05, 4.69) is 124 Å². The van der Waals surface area contributed by atoms with Crippen molar-refractivity contribution in [3.05, 3.63) is 192 Å². The minimum absolute atomic E-state index is 0.311. The molecule has 0 fully saturated rings. The highest BCUT2D eigenvalue weighted by molar-refractivity contribution is 9.10. The lowest BCUT2D eigenvalue weighted by Gasteiger charge is -2.22. The minimum Gasteiger partial charge on any atom is -0.294 e. The fourth-order valence-electron chi connectivity index (χ4n) is 10.1. The number of para-hydroxylation sites is 2. The maximum Gasteiger partial charge on any atom is 0.210 e. The van der Waals surface area contributed by atoms with Gasteiger partial charge in [0.05, 0.1) is 53.0 Å². The number of hydrogen-bond acceptors (Lipinski definition) is 6. The van der Waals surface area contributed by atoms with E-state index in [1.807, 2.05) is 65.4 Å². The van der Waals surface area contributed by atoms with Crippen molar-refractivity contribution in [2.45, 2.75) is 46.3 Å². The van der Waals surface area contributed by atoms with E-state index in [1.54, 1.807) is 30.3 Å². The number of imidazole rings is 2. The van der Waals surface area contributed by atoms with Crippen LogP contribution in [0.1, 0.15) is 25.5 Å². The summed E-state index contributed by atoms with van der Waals surface area (Å²) in [6, 6.07) is 58.0. The third-order valence-electron chi connectivity index (χ3n) is 13.1. The normalized spacial score (nSPS) is 13.9. The Kier molecular flexibility index (Phi) is 9.52. The molecule has 0 radical (unpaired) electrons. The van der Waals surface area contributed by atoms with Gasteiger partial charge in [0, 0.05) is 17.3 Å². The van der Waals surface area contributed by atoms with Gasteiger partial charge in [-0.25, -0.2) is 26.8 Å². The average molecular weight is 976 g/mol. The molecule has 13 rings (SSSR count). The molecule has 9 aromatic carbocycles. The molecule has 0 N–H and O–H groups in total. The van der Waals surface area contributed by atoms with Crippen LogP contribution in [-0.4, -0.2) is 35.9 Å². The summed E-state index contributed by atoms with van der Waals surface area (Å²) in [6.07, 6.45) is 1.44. The second-order valence-electron chi connectivity index (χ2n) is 16.8. The molecule has 2 aliphatic rings. The van der Waals surface area contributed by atoms with Gasteiger partial charge >= 0.3 is 0 Å². The highest BCUT2D eigenvalue weighted by atomic mass is 79.9. The first-order chi connectivity index (χ1) is 32.6. The lowest BCUT2D eigenvalue weighted by molar-refractivity contribution is 0.592. The first kappa shape index (κ1) is 41.3. The molecule has 0 spiro atoms. The minimum atomic E-state index is -3.74. The Morgan fingerprint density at radius 2 is 0.851 bits per heavy atom. The number of sulfone groups is 2. The number of halogens is 1. The zero-order chi connectivity index (χ0) is 45.8. The number of rotatable bonds is 5. The summed E-state index contributed by atoms with van der Waals surface area (Å²) >= 11 is 3.36. The van der Waals surface area contributed by atoms with Gasteiger partial charge in [-0.05, 0) is 116 Å². The predicted molar refractivity (Wildman–Crippen MR) is 271 cm³/mol. The van der Waals surface area contributed by atoms with Crippen molar-refractivity contribution in [1.82, 2.24) is 19.1 Å². The van der Waals surface area contributed by atoms with E-state index in [-0.39, 0.29) is 0 Å². The number of benzene rings is 9. The molecule has 4 heterocycles. The van der Waals surface area contributed by atoms with Crippen molar-refractivity contribution in [3.63, 3.8) is 0 Å². The largest absolute Gasteiger partial charge is 0.294 e. The quantitative estimate of drug-likeness (QED) is 0.159. The zero-order valence-corrected chi connectivity index (χ0v) is 39.5. The molecule has 2 aromatic heterocycles. The number of aryl methyl sites for hydroxylation is 2. The molecule has 67 heavy (non-hydrogen) atoms. The third-order valence-corrected chi connectivity index (χ3v) is 17.2. The summed E-state index contributed by atoms with van der Waals surface area (Å²) in [7, 11) is -7.26. The molecule has 326 valence electrons. The number of fused-ring (bicyclic) bond motifs is 6. The zero-order valence-electron chi connectivity index (χ0n) is 36.3. The molecule has 0 saturated carbocycles. The molecule has 11 aromatic rings. The van der Waals surface area contributed by atoms with Gasteiger partial charge in [-0.2, -0.15) is 0 Å². The third kappa shape index (κ3) is 6.21. The number of aromatic nitrogens is 4. The van der Waals surface area contributed by atoms with E-state index in [9.17, 15) is 16.8 Å². The van der Waals surface area contributed by atoms with Crippen LogP contribution in [0.3, 0.4) is 0 Å². The van der Waals surface area contributed by atoms with E-state index in [1.165, 1.54) is 38.2 Å². The van der Waals surface area contributed by atoms with Crippen molar-refractivity contribution in [1.29, 1.82) is 0 Å². The Hall–Kier alpha value is -7.18. The molecular formula is C56H39BrN4O4S2. The van der Waals surface area contributed by atoms with Crippen LogP contribution in [0, 0.1) is 0 Å². The summed E-state index contributed by atoms with van der Waals surface area (Å²) < 4.78 is 58.6. The van der Waals surface area contributed by atoms with Crippen molar-refractivity contribution in [2.75, 3.05) is 0 Å². The standard InChI is InChI=1S/C41H28N2O2S.C15H11BrN2O2S/c1-2-38-42-34-20-11-21-36-41(34)43(38)35-23-22-28(25-37(35)46(36,44)45)27-14-10-15-29(24-27)40-32-18-8-6-16-30(32)39(26-12-4-3-5-13-26)31-17-7-9-19-33(31)40;1-2-14-17-10-4-3-5-12-15(10)18(14)11-7-6-9(16)8-13(11)21(12,19)20/h3-25H,2H2,1H3;3-8H,2H2,1H3. The van der Waals surface area contributed by atoms with Crippen LogP contribution < -0.4 is 0 Å².